The number of aromatic nitrogens is 1. The summed E-state index contributed by atoms with van der Waals surface area (Å²) in [5.41, 5.74) is 0.599. The number of carboxylic acid groups (broad SMARTS) is 1. The first-order valence-electron chi connectivity index (χ1n) is 5.92. The molecule has 1 N–H and O–H groups in total. The van der Waals surface area contributed by atoms with Crippen molar-refractivity contribution in [1.82, 2.24) is 5.16 Å². The van der Waals surface area contributed by atoms with Gasteiger partial charge in [-0.15, -0.1) is 0 Å². The molecular formula is C13H13NO5S. The van der Waals surface area contributed by atoms with E-state index in [9.17, 15) is 13.2 Å². The number of carboxylic acids is 1. The summed E-state index contributed by atoms with van der Waals surface area (Å²) < 4.78 is 29.2. The molecule has 0 atom stereocenters. The lowest BCUT2D eigenvalue weighted by Crippen LogP contribution is -2.08. The molecule has 0 fully saturated rings. The van der Waals surface area contributed by atoms with Gasteiger partial charge in [0, 0.05) is 6.07 Å². The summed E-state index contributed by atoms with van der Waals surface area (Å²) in [5.74, 6) is -1.28. The van der Waals surface area contributed by atoms with Crippen molar-refractivity contribution in [3.63, 3.8) is 0 Å². The normalized spacial score (nSPS) is 11.4. The highest BCUT2D eigenvalue weighted by molar-refractivity contribution is 7.90. The van der Waals surface area contributed by atoms with Crippen molar-refractivity contribution in [2.45, 2.75) is 24.0 Å². The Labute approximate surface area is 115 Å². The molecule has 0 saturated carbocycles. The molecule has 0 aliphatic rings. The second-order valence-electron chi connectivity index (χ2n) is 4.22. The molecule has 0 spiro atoms. The van der Waals surface area contributed by atoms with Crippen LogP contribution in [-0.2, 0) is 22.0 Å². The zero-order chi connectivity index (χ0) is 14.8. The van der Waals surface area contributed by atoms with Gasteiger partial charge in [0.2, 0.25) is 0 Å². The Hall–Kier alpha value is -2.15. The van der Waals surface area contributed by atoms with E-state index in [1.807, 2.05) is 6.92 Å². The van der Waals surface area contributed by atoms with Crippen LogP contribution in [0, 0.1) is 0 Å². The van der Waals surface area contributed by atoms with E-state index in [0.717, 1.165) is 0 Å². The molecule has 106 valence electrons. The molecule has 0 aliphatic heterocycles. The van der Waals surface area contributed by atoms with Crippen molar-refractivity contribution < 1.29 is 22.8 Å². The molecule has 1 heterocycles. The van der Waals surface area contributed by atoms with Crippen LogP contribution in [0.15, 0.2) is 39.9 Å². The van der Waals surface area contributed by atoms with E-state index in [1.54, 1.807) is 0 Å². The topological polar surface area (TPSA) is 97.5 Å². The fourth-order valence-corrected chi connectivity index (χ4v) is 3.11. The van der Waals surface area contributed by atoms with Crippen LogP contribution in [0.25, 0.3) is 0 Å². The summed E-state index contributed by atoms with van der Waals surface area (Å²) in [6.45, 7) is 1.81. The van der Waals surface area contributed by atoms with Crippen molar-refractivity contribution in [3.05, 3.63) is 47.3 Å². The SMILES string of the molecule is CCc1ccc(S(=O)(=O)Cc2ccno2)cc1C(=O)O. The summed E-state index contributed by atoms with van der Waals surface area (Å²) in [5, 5.41) is 12.6. The summed E-state index contributed by atoms with van der Waals surface area (Å²) in [7, 11) is -3.66. The molecule has 0 unspecified atom stereocenters. The predicted octanol–water partition coefficient (Wildman–Crippen LogP) is 1.91. The predicted molar refractivity (Wildman–Crippen MR) is 70.2 cm³/mol. The quantitative estimate of drug-likeness (QED) is 0.904. The van der Waals surface area contributed by atoms with Gasteiger partial charge in [0.15, 0.2) is 15.6 Å². The molecular weight excluding hydrogens is 282 g/mol. The van der Waals surface area contributed by atoms with E-state index in [2.05, 4.69) is 5.16 Å². The van der Waals surface area contributed by atoms with E-state index in [4.69, 9.17) is 9.63 Å². The van der Waals surface area contributed by atoms with E-state index in [1.165, 1.54) is 30.5 Å². The van der Waals surface area contributed by atoms with Crippen molar-refractivity contribution in [2.24, 2.45) is 0 Å². The van der Waals surface area contributed by atoms with Crippen LogP contribution in [0.3, 0.4) is 0 Å². The first-order valence-corrected chi connectivity index (χ1v) is 7.58. The molecule has 0 saturated heterocycles. The Morgan fingerprint density at radius 1 is 1.35 bits per heavy atom. The van der Waals surface area contributed by atoms with E-state index < -0.39 is 15.8 Å². The molecule has 6 nitrogen and oxygen atoms in total. The molecule has 2 aromatic rings. The monoisotopic (exact) mass is 295 g/mol. The number of sulfone groups is 1. The van der Waals surface area contributed by atoms with Crippen molar-refractivity contribution in [2.75, 3.05) is 0 Å². The Morgan fingerprint density at radius 2 is 2.10 bits per heavy atom. The van der Waals surface area contributed by atoms with Gasteiger partial charge in [0.25, 0.3) is 0 Å². The number of aromatic carboxylic acids is 1. The van der Waals surface area contributed by atoms with Crippen molar-refractivity contribution in [3.8, 4) is 0 Å². The van der Waals surface area contributed by atoms with Crippen LogP contribution in [0.1, 0.15) is 28.6 Å². The zero-order valence-corrected chi connectivity index (χ0v) is 11.6. The van der Waals surface area contributed by atoms with Gasteiger partial charge in [0.05, 0.1) is 16.7 Å². The standard InChI is InChI=1S/C13H13NO5S/c1-2-9-3-4-11(7-12(9)13(15)16)20(17,18)8-10-5-6-14-19-10/h3-7H,2,8H2,1H3,(H,15,16). The lowest BCUT2D eigenvalue weighted by molar-refractivity contribution is 0.0695. The van der Waals surface area contributed by atoms with E-state index >= 15 is 0 Å². The largest absolute Gasteiger partial charge is 0.478 e. The number of nitrogens with zero attached hydrogens (tertiary/aromatic N) is 1. The highest BCUT2D eigenvalue weighted by Crippen LogP contribution is 2.20. The molecule has 0 radical (unpaired) electrons. The highest BCUT2D eigenvalue weighted by atomic mass is 32.2. The van der Waals surface area contributed by atoms with Crippen LogP contribution in [0.4, 0.5) is 0 Å². The van der Waals surface area contributed by atoms with Gasteiger partial charge < -0.3 is 9.63 Å². The van der Waals surface area contributed by atoms with E-state index in [-0.39, 0.29) is 22.0 Å². The number of rotatable bonds is 5. The van der Waals surface area contributed by atoms with Gasteiger partial charge in [-0.2, -0.15) is 0 Å². The Kier molecular flexibility index (Phi) is 3.89. The second kappa shape index (κ2) is 5.46. The van der Waals surface area contributed by atoms with Gasteiger partial charge in [0.1, 0.15) is 5.75 Å². The lowest BCUT2D eigenvalue weighted by atomic mass is 10.1. The van der Waals surface area contributed by atoms with Crippen LogP contribution < -0.4 is 0 Å². The third-order valence-corrected chi connectivity index (χ3v) is 4.51. The number of hydrogen-bond acceptors (Lipinski definition) is 5. The average Bonchev–Trinajstić information content (AvgIpc) is 2.89. The fourth-order valence-electron chi connectivity index (χ4n) is 1.84. The molecule has 0 amide bonds. The van der Waals surface area contributed by atoms with Gasteiger partial charge in [-0.25, -0.2) is 13.2 Å². The maximum atomic E-state index is 12.2. The third-order valence-electron chi connectivity index (χ3n) is 2.88. The summed E-state index contributed by atoms with van der Waals surface area (Å²) >= 11 is 0. The molecule has 20 heavy (non-hydrogen) atoms. The smallest absolute Gasteiger partial charge is 0.336 e. The van der Waals surface area contributed by atoms with Gasteiger partial charge in [-0.1, -0.05) is 18.1 Å². The Bertz CT molecular complexity index is 719. The summed E-state index contributed by atoms with van der Waals surface area (Å²) in [4.78, 5) is 11.1. The first-order chi connectivity index (χ1) is 9.44. The maximum absolute atomic E-state index is 12.2. The zero-order valence-electron chi connectivity index (χ0n) is 10.7. The van der Waals surface area contributed by atoms with Gasteiger partial charge in [-0.05, 0) is 24.1 Å². The highest BCUT2D eigenvalue weighted by Gasteiger charge is 2.20. The minimum absolute atomic E-state index is 0.00569. The molecule has 1 aromatic carbocycles. The molecule has 7 heteroatoms. The average molecular weight is 295 g/mol. The molecule has 0 bridgehead atoms. The van der Waals surface area contributed by atoms with Crippen LogP contribution in [-0.4, -0.2) is 24.7 Å². The second-order valence-corrected chi connectivity index (χ2v) is 6.21. The summed E-state index contributed by atoms with van der Waals surface area (Å²) in [6.07, 6.45) is 1.87. The minimum Gasteiger partial charge on any atom is -0.478 e. The van der Waals surface area contributed by atoms with E-state index in [0.29, 0.717) is 12.0 Å². The molecule has 2 rings (SSSR count). The van der Waals surface area contributed by atoms with Crippen molar-refractivity contribution in [1.29, 1.82) is 0 Å². The minimum atomic E-state index is -3.66. The maximum Gasteiger partial charge on any atom is 0.336 e. The van der Waals surface area contributed by atoms with Gasteiger partial charge in [-0.3, -0.25) is 0 Å². The fraction of sp³-hybridized carbons (Fsp3) is 0.231. The van der Waals surface area contributed by atoms with Gasteiger partial charge >= 0.3 is 5.97 Å². The number of benzene rings is 1. The van der Waals surface area contributed by atoms with Crippen LogP contribution >= 0.6 is 0 Å². The summed E-state index contributed by atoms with van der Waals surface area (Å²) in [6, 6.07) is 5.58. The first kappa shape index (κ1) is 14.3. The van der Waals surface area contributed by atoms with Crippen molar-refractivity contribution >= 4 is 15.8 Å². The third kappa shape index (κ3) is 2.88. The molecule has 1 aromatic heterocycles. The Balaban J connectivity index is 2.42. The Morgan fingerprint density at radius 3 is 2.65 bits per heavy atom. The number of aryl methyl sites for hydroxylation is 1. The lowest BCUT2D eigenvalue weighted by Gasteiger charge is -2.07. The van der Waals surface area contributed by atoms with Crippen LogP contribution in [0.5, 0.6) is 0 Å². The molecule has 0 aliphatic carbocycles. The number of hydrogen-bond donors (Lipinski definition) is 1. The number of carbonyl (C=O) groups is 1. The van der Waals surface area contributed by atoms with Crippen LogP contribution in [0.2, 0.25) is 0 Å².